The van der Waals surface area contributed by atoms with E-state index in [4.69, 9.17) is 0 Å². The Morgan fingerprint density at radius 1 is 1.11 bits per heavy atom. The van der Waals surface area contributed by atoms with Gasteiger partial charge in [0.25, 0.3) is 0 Å². The van der Waals surface area contributed by atoms with Crippen LogP contribution in [0.1, 0.15) is 29.5 Å². The molecule has 0 saturated carbocycles. The van der Waals surface area contributed by atoms with Gasteiger partial charge in [-0.15, -0.1) is 0 Å². The predicted molar refractivity (Wildman–Crippen MR) is 111 cm³/mol. The highest BCUT2D eigenvalue weighted by molar-refractivity contribution is 5.95. The molecule has 2 aromatic carbocycles. The van der Waals surface area contributed by atoms with Gasteiger partial charge in [-0.25, -0.2) is 0 Å². The van der Waals surface area contributed by atoms with Crippen LogP contribution in [0.2, 0.25) is 0 Å². The Kier molecular flexibility index (Phi) is 6.47. The third-order valence-corrected chi connectivity index (χ3v) is 4.98. The molecule has 5 nitrogen and oxygen atoms in total. The van der Waals surface area contributed by atoms with Crippen molar-refractivity contribution in [1.29, 1.82) is 0 Å². The fourth-order valence-electron chi connectivity index (χ4n) is 3.39. The zero-order valence-electron chi connectivity index (χ0n) is 16.2. The highest BCUT2D eigenvalue weighted by Gasteiger charge is 2.23. The average Bonchev–Trinajstić information content (AvgIpc) is 3.12. The third kappa shape index (κ3) is 4.88. The minimum absolute atomic E-state index is 0.199. The van der Waals surface area contributed by atoms with E-state index in [0.717, 1.165) is 37.6 Å². The minimum atomic E-state index is 0.199. The number of para-hydroxylation sites is 1. The molecule has 0 aromatic heterocycles. The van der Waals surface area contributed by atoms with Crippen LogP contribution < -0.4 is 15.5 Å². The maximum Gasteiger partial charge on any atom is 0.227 e. The molecule has 1 aliphatic heterocycles. The Labute approximate surface area is 161 Å². The first-order chi connectivity index (χ1) is 13.2. The molecule has 5 heteroatoms. The van der Waals surface area contributed by atoms with Gasteiger partial charge in [-0.05, 0) is 42.5 Å². The molecule has 27 heavy (non-hydrogen) atoms. The number of benzene rings is 2. The van der Waals surface area contributed by atoms with E-state index in [1.165, 1.54) is 16.7 Å². The number of nitrogens with one attached hydrogen (secondary N) is 2. The maximum atomic E-state index is 12.5. The molecule has 2 N–H and O–H groups in total. The molecule has 2 aromatic rings. The van der Waals surface area contributed by atoms with Crippen LogP contribution in [0.25, 0.3) is 0 Å². The van der Waals surface area contributed by atoms with Gasteiger partial charge in [-0.3, -0.25) is 9.79 Å². The summed E-state index contributed by atoms with van der Waals surface area (Å²) in [5.74, 6) is 0.960. The number of aryl methyl sites for hydroxylation is 1. The number of fused-ring (bicyclic) bond motifs is 1. The lowest BCUT2D eigenvalue weighted by Gasteiger charge is -2.17. The monoisotopic (exact) mass is 364 g/mol. The zero-order chi connectivity index (χ0) is 19.1. The van der Waals surface area contributed by atoms with E-state index in [0.29, 0.717) is 13.0 Å². The van der Waals surface area contributed by atoms with Gasteiger partial charge in [0, 0.05) is 38.8 Å². The molecule has 0 fully saturated rings. The number of anilines is 1. The summed E-state index contributed by atoms with van der Waals surface area (Å²) in [4.78, 5) is 18.7. The van der Waals surface area contributed by atoms with Crippen molar-refractivity contribution in [3.8, 4) is 0 Å². The summed E-state index contributed by atoms with van der Waals surface area (Å²) in [5.41, 5.74) is 4.86. The fourth-order valence-corrected chi connectivity index (χ4v) is 3.39. The normalized spacial score (nSPS) is 13.4. The summed E-state index contributed by atoms with van der Waals surface area (Å²) in [6, 6.07) is 16.5. The van der Waals surface area contributed by atoms with Gasteiger partial charge < -0.3 is 15.5 Å². The fraction of sp³-hybridized carbons (Fsp3) is 0.364. The van der Waals surface area contributed by atoms with Gasteiger partial charge in [0.05, 0.1) is 0 Å². The number of hydrogen-bond acceptors (Lipinski definition) is 2. The Morgan fingerprint density at radius 2 is 1.89 bits per heavy atom. The largest absolute Gasteiger partial charge is 0.356 e. The van der Waals surface area contributed by atoms with Gasteiger partial charge in [-0.2, -0.15) is 0 Å². The van der Waals surface area contributed by atoms with Crippen LogP contribution in [-0.4, -0.2) is 32.0 Å². The van der Waals surface area contributed by atoms with E-state index in [9.17, 15) is 4.79 Å². The molecule has 1 amide bonds. The zero-order valence-corrected chi connectivity index (χ0v) is 16.2. The Balaban J connectivity index is 1.40. The molecule has 0 unspecified atom stereocenters. The number of amides is 1. The van der Waals surface area contributed by atoms with Crippen molar-refractivity contribution < 1.29 is 4.79 Å². The lowest BCUT2D eigenvalue weighted by atomic mass is 10.1. The van der Waals surface area contributed by atoms with Gasteiger partial charge in [-0.1, -0.05) is 42.5 Å². The van der Waals surface area contributed by atoms with Crippen molar-refractivity contribution in [3.05, 3.63) is 65.2 Å². The third-order valence-electron chi connectivity index (χ3n) is 4.98. The maximum absolute atomic E-state index is 12.5. The summed E-state index contributed by atoms with van der Waals surface area (Å²) in [6.45, 7) is 4.35. The van der Waals surface area contributed by atoms with Crippen molar-refractivity contribution in [2.45, 2.75) is 32.7 Å². The number of aliphatic imine (C=N–C) groups is 1. The standard InChI is InChI=1S/C22H28N4O/c1-17-8-3-4-10-19(17)16-25-22(23-2)24-14-7-12-21(27)26-15-13-18-9-5-6-11-20(18)26/h3-6,8-11H,7,12-16H2,1-2H3,(H2,23,24,25). The highest BCUT2D eigenvalue weighted by atomic mass is 16.2. The average molecular weight is 364 g/mol. The molecular weight excluding hydrogens is 336 g/mol. The molecular formula is C22H28N4O. The lowest BCUT2D eigenvalue weighted by molar-refractivity contribution is -0.118. The van der Waals surface area contributed by atoms with Gasteiger partial charge in [0.2, 0.25) is 5.91 Å². The SMILES string of the molecule is CN=C(NCCCC(=O)N1CCc2ccccc21)NCc1ccccc1C. The summed E-state index contributed by atoms with van der Waals surface area (Å²) in [7, 11) is 1.76. The van der Waals surface area contributed by atoms with Crippen LogP contribution in [0.5, 0.6) is 0 Å². The number of carbonyl (C=O) groups excluding carboxylic acids is 1. The van der Waals surface area contributed by atoms with Crippen LogP contribution in [0.15, 0.2) is 53.5 Å². The summed E-state index contributed by atoms with van der Waals surface area (Å²) < 4.78 is 0. The van der Waals surface area contributed by atoms with Crippen molar-refractivity contribution in [1.82, 2.24) is 10.6 Å². The minimum Gasteiger partial charge on any atom is -0.356 e. The van der Waals surface area contributed by atoms with Gasteiger partial charge in [0.15, 0.2) is 5.96 Å². The topological polar surface area (TPSA) is 56.7 Å². The van der Waals surface area contributed by atoms with E-state index in [1.54, 1.807) is 7.05 Å². The van der Waals surface area contributed by atoms with Crippen molar-refractivity contribution in [2.24, 2.45) is 4.99 Å². The second-order valence-electron chi connectivity index (χ2n) is 6.81. The number of nitrogens with zero attached hydrogens (tertiary/aromatic N) is 2. The number of hydrogen-bond donors (Lipinski definition) is 2. The Hall–Kier alpha value is -2.82. The van der Waals surface area contributed by atoms with Crippen LogP contribution in [0.3, 0.4) is 0 Å². The Bertz CT molecular complexity index is 815. The molecule has 0 bridgehead atoms. The highest BCUT2D eigenvalue weighted by Crippen LogP contribution is 2.27. The first-order valence-electron chi connectivity index (χ1n) is 9.56. The first kappa shape index (κ1) is 19.0. The van der Waals surface area contributed by atoms with Gasteiger partial charge >= 0.3 is 0 Å². The molecule has 0 atom stereocenters. The van der Waals surface area contributed by atoms with Crippen LogP contribution >= 0.6 is 0 Å². The van der Waals surface area contributed by atoms with E-state index in [1.807, 2.05) is 35.2 Å². The van der Waals surface area contributed by atoms with Crippen molar-refractivity contribution >= 4 is 17.6 Å². The van der Waals surface area contributed by atoms with E-state index >= 15 is 0 Å². The van der Waals surface area contributed by atoms with Crippen molar-refractivity contribution in [2.75, 3.05) is 25.0 Å². The first-order valence-corrected chi connectivity index (χ1v) is 9.56. The molecule has 3 rings (SSSR count). The smallest absolute Gasteiger partial charge is 0.227 e. The van der Waals surface area contributed by atoms with Crippen LogP contribution in [-0.2, 0) is 17.8 Å². The summed E-state index contributed by atoms with van der Waals surface area (Å²) in [5, 5.41) is 6.62. The number of rotatable bonds is 6. The van der Waals surface area contributed by atoms with Gasteiger partial charge in [0.1, 0.15) is 0 Å². The molecule has 0 radical (unpaired) electrons. The lowest BCUT2D eigenvalue weighted by Crippen LogP contribution is -2.38. The number of carbonyl (C=O) groups is 1. The molecule has 0 saturated heterocycles. The van der Waals surface area contributed by atoms with E-state index < -0.39 is 0 Å². The van der Waals surface area contributed by atoms with Crippen LogP contribution in [0, 0.1) is 6.92 Å². The number of guanidine groups is 1. The Morgan fingerprint density at radius 3 is 2.70 bits per heavy atom. The summed E-state index contributed by atoms with van der Waals surface area (Å²) in [6.07, 6.45) is 2.27. The van der Waals surface area contributed by atoms with E-state index in [-0.39, 0.29) is 5.91 Å². The molecule has 142 valence electrons. The molecule has 1 heterocycles. The van der Waals surface area contributed by atoms with Crippen LogP contribution in [0.4, 0.5) is 5.69 Å². The predicted octanol–water partition coefficient (Wildman–Crippen LogP) is 3.03. The molecule has 0 aliphatic carbocycles. The van der Waals surface area contributed by atoms with E-state index in [2.05, 4.69) is 40.7 Å². The quantitative estimate of drug-likeness (QED) is 0.471. The van der Waals surface area contributed by atoms with Crippen molar-refractivity contribution in [3.63, 3.8) is 0 Å². The second kappa shape index (κ2) is 9.21. The molecule has 0 spiro atoms. The molecule has 1 aliphatic rings. The second-order valence-corrected chi connectivity index (χ2v) is 6.81. The summed E-state index contributed by atoms with van der Waals surface area (Å²) >= 11 is 0.